The fourth-order valence-corrected chi connectivity index (χ4v) is 3.04. The Kier molecular flexibility index (Phi) is 7.43. The minimum Gasteiger partial charge on any atom is -0.489 e. The third kappa shape index (κ3) is 6.34. The first kappa shape index (κ1) is 21.4. The Morgan fingerprint density at radius 2 is 1.93 bits per heavy atom. The highest BCUT2D eigenvalue weighted by atomic mass is 19.1. The van der Waals surface area contributed by atoms with Gasteiger partial charge in [0.05, 0.1) is 6.54 Å². The van der Waals surface area contributed by atoms with Crippen LogP contribution < -0.4 is 15.4 Å². The van der Waals surface area contributed by atoms with Crippen LogP contribution in [0.4, 0.5) is 4.39 Å². The van der Waals surface area contributed by atoms with Crippen LogP contribution in [0.1, 0.15) is 23.9 Å². The predicted octanol–water partition coefficient (Wildman–Crippen LogP) is 3.51. The van der Waals surface area contributed by atoms with Crippen molar-refractivity contribution in [3.63, 3.8) is 0 Å². The van der Waals surface area contributed by atoms with Crippen molar-refractivity contribution >= 4 is 5.96 Å². The first-order valence-electron chi connectivity index (χ1n) is 9.96. The summed E-state index contributed by atoms with van der Waals surface area (Å²) in [7, 11) is 1.74. The summed E-state index contributed by atoms with van der Waals surface area (Å²) in [5, 5.41) is 6.58. The van der Waals surface area contributed by atoms with Gasteiger partial charge in [0.15, 0.2) is 5.96 Å². The van der Waals surface area contributed by atoms with E-state index in [1.165, 1.54) is 23.3 Å². The number of aliphatic imine (C=N–C) groups is 1. The second kappa shape index (κ2) is 10.4. The van der Waals surface area contributed by atoms with Crippen LogP contribution in [0, 0.1) is 12.7 Å². The van der Waals surface area contributed by atoms with E-state index in [0.29, 0.717) is 24.8 Å². The van der Waals surface area contributed by atoms with E-state index < -0.39 is 0 Å². The normalized spacial score (nSPS) is 12.5. The zero-order valence-corrected chi connectivity index (χ0v) is 17.6. The molecule has 0 amide bonds. The van der Waals surface area contributed by atoms with Gasteiger partial charge in [-0.15, -0.1) is 0 Å². The number of hydrogen-bond donors (Lipinski definition) is 2. The highest BCUT2D eigenvalue weighted by Crippen LogP contribution is 2.13. The first-order chi connectivity index (χ1) is 14.5. The molecule has 0 saturated heterocycles. The maximum absolute atomic E-state index is 13.0. The van der Waals surface area contributed by atoms with Gasteiger partial charge in [0.2, 0.25) is 0 Å². The van der Waals surface area contributed by atoms with Gasteiger partial charge >= 0.3 is 0 Å². The number of nitrogens with zero attached hydrogens (tertiary/aromatic N) is 3. The number of aryl methyl sites for hydroxylation is 1. The van der Waals surface area contributed by atoms with Crippen molar-refractivity contribution in [1.29, 1.82) is 0 Å². The van der Waals surface area contributed by atoms with Gasteiger partial charge in [-0.05, 0) is 49.2 Å². The van der Waals surface area contributed by atoms with Crippen LogP contribution in [-0.2, 0) is 13.1 Å². The molecule has 7 heteroatoms. The third-order valence-electron chi connectivity index (χ3n) is 4.66. The van der Waals surface area contributed by atoms with E-state index in [-0.39, 0.29) is 11.9 Å². The van der Waals surface area contributed by atoms with Gasteiger partial charge in [-0.25, -0.2) is 9.37 Å². The zero-order valence-electron chi connectivity index (χ0n) is 17.6. The molecule has 0 radical (unpaired) electrons. The molecule has 0 spiro atoms. The molecule has 2 N–H and O–H groups in total. The highest BCUT2D eigenvalue weighted by molar-refractivity contribution is 5.79. The molecule has 0 saturated carbocycles. The summed E-state index contributed by atoms with van der Waals surface area (Å²) >= 11 is 0. The van der Waals surface area contributed by atoms with E-state index in [1.54, 1.807) is 19.2 Å². The molecule has 158 valence electrons. The minimum atomic E-state index is -0.276. The summed E-state index contributed by atoms with van der Waals surface area (Å²) in [6.07, 6.45) is 3.70. The molecule has 0 aliphatic carbocycles. The molecule has 30 heavy (non-hydrogen) atoms. The fourth-order valence-electron chi connectivity index (χ4n) is 3.04. The number of benzene rings is 2. The van der Waals surface area contributed by atoms with E-state index in [4.69, 9.17) is 4.74 Å². The van der Waals surface area contributed by atoms with Crippen molar-refractivity contribution in [3.8, 4) is 5.75 Å². The molecular formula is C23H28FN5O. The average molecular weight is 410 g/mol. The Morgan fingerprint density at radius 3 is 2.63 bits per heavy atom. The molecule has 1 unspecified atom stereocenters. The second-order valence-electron chi connectivity index (χ2n) is 7.11. The predicted molar refractivity (Wildman–Crippen MR) is 117 cm³/mol. The number of nitrogens with one attached hydrogen (secondary N) is 2. The molecule has 3 rings (SSSR count). The van der Waals surface area contributed by atoms with Crippen LogP contribution in [0.3, 0.4) is 0 Å². The van der Waals surface area contributed by atoms with E-state index in [0.717, 1.165) is 12.4 Å². The lowest BCUT2D eigenvalue weighted by atomic mass is 10.1. The van der Waals surface area contributed by atoms with Gasteiger partial charge in [0, 0.05) is 32.5 Å². The molecule has 1 atom stereocenters. The summed E-state index contributed by atoms with van der Waals surface area (Å²) in [4.78, 5) is 8.54. The Hall–Kier alpha value is -3.35. The molecule has 0 fully saturated rings. The number of ether oxygens (including phenoxy) is 1. The number of aromatic nitrogens is 2. The maximum atomic E-state index is 13.0. The van der Waals surface area contributed by atoms with Crippen molar-refractivity contribution in [3.05, 3.63) is 83.7 Å². The van der Waals surface area contributed by atoms with Crippen LogP contribution in [0.15, 0.2) is 65.9 Å². The fraction of sp³-hybridized carbons (Fsp3) is 0.304. The summed E-state index contributed by atoms with van der Waals surface area (Å²) in [6, 6.07) is 14.5. The molecule has 1 heterocycles. The minimum absolute atomic E-state index is 0.101. The smallest absolute Gasteiger partial charge is 0.191 e. The molecule has 0 aliphatic rings. The molecule has 1 aromatic heterocycles. The van der Waals surface area contributed by atoms with E-state index >= 15 is 0 Å². The lowest BCUT2D eigenvalue weighted by molar-refractivity contribution is 0.223. The van der Waals surface area contributed by atoms with Gasteiger partial charge in [-0.1, -0.05) is 24.3 Å². The highest BCUT2D eigenvalue weighted by Gasteiger charge is 2.07. The van der Waals surface area contributed by atoms with Crippen LogP contribution in [0.5, 0.6) is 5.75 Å². The molecule has 0 bridgehead atoms. The average Bonchev–Trinajstić information content (AvgIpc) is 3.14. The number of rotatable bonds is 8. The lowest BCUT2D eigenvalue weighted by Crippen LogP contribution is -2.41. The lowest BCUT2D eigenvalue weighted by Gasteiger charge is -2.18. The van der Waals surface area contributed by atoms with Crippen LogP contribution in [0.2, 0.25) is 0 Å². The zero-order chi connectivity index (χ0) is 21.3. The van der Waals surface area contributed by atoms with Crippen LogP contribution >= 0.6 is 0 Å². The van der Waals surface area contributed by atoms with Crippen molar-refractivity contribution in [2.24, 2.45) is 4.99 Å². The SMILES string of the molecule is CN=C(NCc1cccc(Cn2ccnc2C)c1)NCC(C)Oc1ccc(F)cc1. The number of imidazole rings is 1. The van der Waals surface area contributed by atoms with Gasteiger partial charge in [-0.2, -0.15) is 0 Å². The summed E-state index contributed by atoms with van der Waals surface area (Å²) in [6.45, 7) is 5.97. The number of guanidine groups is 1. The van der Waals surface area contributed by atoms with Crippen LogP contribution in [0.25, 0.3) is 0 Å². The van der Waals surface area contributed by atoms with Gasteiger partial charge in [0.25, 0.3) is 0 Å². The van der Waals surface area contributed by atoms with Crippen molar-refractivity contribution in [2.45, 2.75) is 33.0 Å². The Bertz CT molecular complexity index is 968. The van der Waals surface area contributed by atoms with E-state index in [2.05, 4.69) is 49.4 Å². The Balaban J connectivity index is 1.47. The molecular weight excluding hydrogens is 381 g/mol. The monoisotopic (exact) mass is 409 g/mol. The van der Waals surface area contributed by atoms with Crippen molar-refractivity contribution in [1.82, 2.24) is 20.2 Å². The van der Waals surface area contributed by atoms with Crippen LogP contribution in [-0.4, -0.2) is 35.2 Å². The van der Waals surface area contributed by atoms with Crippen molar-refractivity contribution < 1.29 is 9.13 Å². The third-order valence-corrected chi connectivity index (χ3v) is 4.66. The number of hydrogen-bond acceptors (Lipinski definition) is 3. The second-order valence-corrected chi connectivity index (χ2v) is 7.11. The van der Waals surface area contributed by atoms with Gasteiger partial charge < -0.3 is 19.9 Å². The van der Waals surface area contributed by atoms with Crippen molar-refractivity contribution in [2.75, 3.05) is 13.6 Å². The molecule has 6 nitrogen and oxygen atoms in total. The van der Waals surface area contributed by atoms with E-state index in [1.807, 2.05) is 26.2 Å². The summed E-state index contributed by atoms with van der Waals surface area (Å²) in [5.41, 5.74) is 2.39. The Labute approximate surface area is 176 Å². The number of halogens is 1. The summed E-state index contributed by atoms with van der Waals surface area (Å²) < 4.78 is 20.9. The topological polar surface area (TPSA) is 63.5 Å². The quantitative estimate of drug-likeness (QED) is 0.441. The molecule has 2 aromatic carbocycles. The standard InChI is InChI=1S/C23H28FN5O/c1-17(30-22-9-7-21(24)8-10-22)14-27-23(25-3)28-15-19-5-4-6-20(13-19)16-29-12-11-26-18(29)2/h4-13,17H,14-16H2,1-3H3,(H2,25,27,28). The maximum Gasteiger partial charge on any atom is 0.191 e. The Morgan fingerprint density at radius 1 is 1.17 bits per heavy atom. The summed E-state index contributed by atoms with van der Waals surface area (Å²) in [5.74, 6) is 2.06. The van der Waals surface area contributed by atoms with Gasteiger partial charge in [0.1, 0.15) is 23.5 Å². The van der Waals surface area contributed by atoms with E-state index in [9.17, 15) is 4.39 Å². The largest absolute Gasteiger partial charge is 0.489 e. The van der Waals surface area contributed by atoms with Gasteiger partial charge in [-0.3, -0.25) is 4.99 Å². The first-order valence-corrected chi connectivity index (χ1v) is 9.96. The molecule has 0 aliphatic heterocycles. The molecule has 3 aromatic rings.